The highest BCUT2D eigenvalue weighted by Crippen LogP contribution is 2.55. The Bertz CT molecular complexity index is 743. The van der Waals surface area contributed by atoms with Crippen LogP contribution in [0.2, 0.25) is 0 Å². The predicted molar refractivity (Wildman–Crippen MR) is 100 cm³/mol. The van der Waals surface area contributed by atoms with E-state index in [0.29, 0.717) is 31.4 Å². The summed E-state index contributed by atoms with van der Waals surface area (Å²) in [4.78, 5) is 17.4. The van der Waals surface area contributed by atoms with E-state index in [4.69, 9.17) is 0 Å². The lowest BCUT2D eigenvalue weighted by atomic mass is 9.55. The fourth-order valence-corrected chi connectivity index (χ4v) is 4.70. The molecule has 2 unspecified atom stereocenters. The number of aliphatic imine (C=N–C) groups is 1. The molecule has 1 aliphatic carbocycles. The first-order chi connectivity index (χ1) is 12.7. The molecule has 27 heavy (non-hydrogen) atoms. The Kier molecular flexibility index (Phi) is 5.37. The van der Waals surface area contributed by atoms with Crippen molar-refractivity contribution in [3.63, 3.8) is 0 Å². The Morgan fingerprint density at radius 2 is 1.93 bits per heavy atom. The SMILES string of the molecule is CCCCNC(=O)C1=NC2(CC(F)(F)F)CCCCC2(C)c2ccccc21. The topological polar surface area (TPSA) is 41.5 Å². The van der Waals surface area contributed by atoms with Gasteiger partial charge in [0, 0.05) is 17.5 Å². The zero-order chi connectivity index (χ0) is 19.7. The lowest BCUT2D eigenvalue weighted by Gasteiger charge is -2.53. The first kappa shape index (κ1) is 19.9. The number of nitrogens with zero attached hydrogens (tertiary/aromatic N) is 1. The van der Waals surface area contributed by atoms with Gasteiger partial charge in [-0.2, -0.15) is 13.2 Å². The molecule has 1 fully saturated rings. The highest BCUT2D eigenvalue weighted by atomic mass is 19.4. The Morgan fingerprint density at radius 1 is 1.22 bits per heavy atom. The van der Waals surface area contributed by atoms with Gasteiger partial charge in [-0.25, -0.2) is 0 Å². The summed E-state index contributed by atoms with van der Waals surface area (Å²) >= 11 is 0. The van der Waals surface area contributed by atoms with Crippen molar-refractivity contribution < 1.29 is 18.0 Å². The van der Waals surface area contributed by atoms with Crippen LogP contribution in [0.3, 0.4) is 0 Å². The van der Waals surface area contributed by atoms with Gasteiger partial charge in [0.2, 0.25) is 0 Å². The molecule has 1 heterocycles. The Labute approximate surface area is 158 Å². The number of fused-ring (bicyclic) bond motifs is 3. The van der Waals surface area contributed by atoms with E-state index in [1.165, 1.54) is 0 Å². The van der Waals surface area contributed by atoms with Crippen LogP contribution in [-0.2, 0) is 10.2 Å². The molecule has 0 saturated heterocycles. The standard InChI is InChI=1S/C21H27F3N2O/c1-3-4-13-25-18(27)17-15-9-5-6-10-16(15)19(2)11-7-8-12-20(19,26-17)14-21(22,23)24/h5-6,9-10H,3-4,7-8,11-14H2,1-2H3,(H,25,27). The van der Waals surface area contributed by atoms with E-state index in [1.54, 1.807) is 0 Å². The minimum Gasteiger partial charge on any atom is -0.351 e. The van der Waals surface area contributed by atoms with E-state index < -0.39 is 23.6 Å². The molecular weight excluding hydrogens is 353 g/mol. The summed E-state index contributed by atoms with van der Waals surface area (Å²) in [5.41, 5.74) is -0.372. The molecule has 2 aliphatic rings. The van der Waals surface area contributed by atoms with Crippen molar-refractivity contribution in [1.29, 1.82) is 0 Å². The molecule has 1 aromatic carbocycles. The van der Waals surface area contributed by atoms with Gasteiger partial charge in [-0.05, 0) is 24.8 Å². The fraction of sp³-hybridized carbons (Fsp3) is 0.619. The van der Waals surface area contributed by atoms with Crippen molar-refractivity contribution in [1.82, 2.24) is 5.32 Å². The lowest BCUT2D eigenvalue weighted by molar-refractivity contribution is -0.156. The van der Waals surface area contributed by atoms with E-state index in [9.17, 15) is 18.0 Å². The molecule has 0 spiro atoms. The van der Waals surface area contributed by atoms with Crippen molar-refractivity contribution >= 4 is 11.6 Å². The van der Waals surface area contributed by atoms with Gasteiger partial charge in [-0.1, -0.05) is 57.4 Å². The number of unbranched alkanes of at least 4 members (excludes halogenated alkanes) is 1. The number of hydrogen-bond acceptors (Lipinski definition) is 2. The lowest BCUT2D eigenvalue weighted by Crippen LogP contribution is -2.57. The van der Waals surface area contributed by atoms with Crippen LogP contribution in [0.15, 0.2) is 29.3 Å². The van der Waals surface area contributed by atoms with Crippen LogP contribution in [0.5, 0.6) is 0 Å². The van der Waals surface area contributed by atoms with Crippen molar-refractivity contribution in [3.05, 3.63) is 35.4 Å². The van der Waals surface area contributed by atoms with E-state index in [0.717, 1.165) is 24.8 Å². The number of amides is 1. The minimum absolute atomic E-state index is 0.158. The molecule has 1 N–H and O–H groups in total. The largest absolute Gasteiger partial charge is 0.391 e. The van der Waals surface area contributed by atoms with E-state index >= 15 is 0 Å². The first-order valence-electron chi connectivity index (χ1n) is 9.77. The minimum atomic E-state index is -4.34. The zero-order valence-electron chi connectivity index (χ0n) is 16.0. The Balaban J connectivity index is 2.12. The average molecular weight is 380 g/mol. The van der Waals surface area contributed by atoms with Gasteiger partial charge in [-0.3, -0.25) is 9.79 Å². The quantitative estimate of drug-likeness (QED) is 0.723. The number of halogens is 3. The van der Waals surface area contributed by atoms with E-state index in [1.807, 2.05) is 38.1 Å². The average Bonchev–Trinajstić information content (AvgIpc) is 2.61. The summed E-state index contributed by atoms with van der Waals surface area (Å²) in [5, 5.41) is 2.83. The summed E-state index contributed by atoms with van der Waals surface area (Å²) in [7, 11) is 0. The highest BCUT2D eigenvalue weighted by molar-refractivity contribution is 6.46. The second kappa shape index (κ2) is 7.28. The van der Waals surface area contributed by atoms with Gasteiger partial charge in [0.15, 0.2) is 0 Å². The number of nitrogens with one attached hydrogen (secondary N) is 1. The fourth-order valence-electron chi connectivity index (χ4n) is 4.70. The molecule has 1 aliphatic heterocycles. The third-order valence-electron chi connectivity index (χ3n) is 6.17. The van der Waals surface area contributed by atoms with Crippen LogP contribution in [0.4, 0.5) is 13.2 Å². The summed E-state index contributed by atoms with van der Waals surface area (Å²) in [5.74, 6) is -0.370. The van der Waals surface area contributed by atoms with Crippen LogP contribution >= 0.6 is 0 Å². The van der Waals surface area contributed by atoms with Crippen LogP contribution < -0.4 is 5.32 Å². The van der Waals surface area contributed by atoms with Crippen LogP contribution in [0.1, 0.15) is 69.9 Å². The number of alkyl halides is 3. The van der Waals surface area contributed by atoms with Crippen molar-refractivity contribution in [2.75, 3.05) is 6.54 Å². The summed E-state index contributed by atoms with van der Waals surface area (Å²) < 4.78 is 40.7. The van der Waals surface area contributed by atoms with Gasteiger partial charge < -0.3 is 5.32 Å². The molecule has 2 atom stereocenters. The zero-order valence-corrected chi connectivity index (χ0v) is 16.0. The first-order valence-corrected chi connectivity index (χ1v) is 9.77. The third kappa shape index (κ3) is 3.63. The molecule has 1 amide bonds. The van der Waals surface area contributed by atoms with Crippen molar-refractivity contribution in [3.8, 4) is 0 Å². The number of carbonyl (C=O) groups is 1. The van der Waals surface area contributed by atoms with Crippen molar-refractivity contribution in [2.45, 2.75) is 75.9 Å². The molecule has 3 rings (SSSR count). The summed E-state index contributed by atoms with van der Waals surface area (Å²) in [6.07, 6.45) is -1.00. The van der Waals surface area contributed by atoms with Gasteiger partial charge in [0.25, 0.3) is 5.91 Å². The van der Waals surface area contributed by atoms with Crippen molar-refractivity contribution in [2.24, 2.45) is 4.99 Å². The highest BCUT2D eigenvalue weighted by Gasteiger charge is 2.58. The molecule has 0 aromatic heterocycles. The Hall–Kier alpha value is -1.85. The maximum Gasteiger partial charge on any atom is 0.391 e. The maximum atomic E-state index is 13.6. The smallest absolute Gasteiger partial charge is 0.351 e. The van der Waals surface area contributed by atoms with Crippen LogP contribution in [0.25, 0.3) is 0 Å². The summed E-state index contributed by atoms with van der Waals surface area (Å²) in [6, 6.07) is 7.34. The molecular formula is C21H27F3N2O. The molecule has 1 aromatic rings. The third-order valence-corrected chi connectivity index (χ3v) is 6.17. The van der Waals surface area contributed by atoms with Gasteiger partial charge >= 0.3 is 6.18 Å². The molecule has 6 heteroatoms. The Morgan fingerprint density at radius 3 is 2.63 bits per heavy atom. The monoisotopic (exact) mass is 380 g/mol. The van der Waals surface area contributed by atoms with E-state index in [-0.39, 0.29) is 11.6 Å². The molecule has 0 bridgehead atoms. The predicted octanol–water partition coefficient (Wildman–Crippen LogP) is 4.93. The molecule has 3 nitrogen and oxygen atoms in total. The van der Waals surface area contributed by atoms with Crippen LogP contribution in [-0.4, -0.2) is 29.9 Å². The second-order valence-electron chi connectivity index (χ2n) is 7.98. The number of benzene rings is 1. The molecule has 148 valence electrons. The summed E-state index contributed by atoms with van der Waals surface area (Å²) in [6.45, 7) is 4.41. The van der Waals surface area contributed by atoms with Crippen LogP contribution in [0, 0.1) is 0 Å². The van der Waals surface area contributed by atoms with Gasteiger partial charge in [0.05, 0.1) is 12.0 Å². The molecule has 0 radical (unpaired) electrons. The normalized spacial score (nSPS) is 27.4. The maximum absolute atomic E-state index is 13.6. The number of carbonyl (C=O) groups excluding carboxylic acids is 1. The number of rotatable bonds is 5. The van der Waals surface area contributed by atoms with Gasteiger partial charge in [0.1, 0.15) is 5.71 Å². The number of hydrogen-bond donors (Lipinski definition) is 1. The molecule has 1 saturated carbocycles. The second-order valence-corrected chi connectivity index (χ2v) is 7.98. The van der Waals surface area contributed by atoms with E-state index in [2.05, 4.69) is 10.3 Å². The van der Waals surface area contributed by atoms with Gasteiger partial charge in [-0.15, -0.1) is 0 Å².